The Labute approximate surface area is 57.4 Å². The van der Waals surface area contributed by atoms with Gasteiger partial charge in [-0.05, 0) is 19.3 Å². The van der Waals surface area contributed by atoms with Crippen molar-refractivity contribution < 1.29 is 5.11 Å². The number of aliphatic hydroxyl groups excluding tert-OH is 1. The molecule has 0 aromatic heterocycles. The molecule has 0 rings (SSSR count). The minimum Gasteiger partial charge on any atom is -0.393 e. The van der Waals surface area contributed by atoms with Gasteiger partial charge in [0.05, 0.1) is 6.10 Å². The van der Waals surface area contributed by atoms with Gasteiger partial charge in [0.15, 0.2) is 0 Å². The first-order chi connectivity index (χ1) is 4.13. The fourth-order valence-electron chi connectivity index (χ4n) is 0.548. The fraction of sp³-hybridized carbons (Fsp3) is 0.750. The minimum absolute atomic E-state index is 0.194. The molecule has 0 saturated heterocycles. The molecular weight excluding hydrogens is 112 g/mol. The molecule has 0 aromatic rings. The van der Waals surface area contributed by atoms with E-state index in [0.29, 0.717) is 5.92 Å². The molecule has 0 heterocycles. The molecule has 1 heteroatoms. The Morgan fingerprint density at radius 2 is 1.89 bits per heavy atom. The highest BCUT2D eigenvalue weighted by Gasteiger charge is 1.89. The van der Waals surface area contributed by atoms with E-state index in [2.05, 4.69) is 19.9 Å². The van der Waals surface area contributed by atoms with E-state index in [9.17, 15) is 0 Å². The molecular formula is C8H16O. The van der Waals surface area contributed by atoms with E-state index in [0.717, 1.165) is 6.42 Å². The highest BCUT2D eigenvalue weighted by molar-refractivity contribution is 4.85. The smallest absolute Gasteiger partial charge is 0.0546 e. The van der Waals surface area contributed by atoms with E-state index in [4.69, 9.17) is 5.11 Å². The van der Waals surface area contributed by atoms with Gasteiger partial charge in [0.2, 0.25) is 0 Å². The van der Waals surface area contributed by atoms with Crippen molar-refractivity contribution in [2.45, 2.75) is 33.3 Å². The Morgan fingerprint density at radius 1 is 1.33 bits per heavy atom. The molecule has 0 saturated carbocycles. The summed E-state index contributed by atoms with van der Waals surface area (Å²) in [6, 6.07) is 0. The van der Waals surface area contributed by atoms with Crippen molar-refractivity contribution in [2.24, 2.45) is 5.92 Å². The van der Waals surface area contributed by atoms with E-state index in [1.807, 2.05) is 6.08 Å². The molecule has 0 aromatic carbocycles. The van der Waals surface area contributed by atoms with Gasteiger partial charge in [-0.1, -0.05) is 26.0 Å². The third kappa shape index (κ3) is 7.70. The van der Waals surface area contributed by atoms with E-state index in [1.54, 1.807) is 6.92 Å². The van der Waals surface area contributed by atoms with Crippen LogP contribution in [0.25, 0.3) is 0 Å². The molecule has 1 nitrogen and oxygen atoms in total. The molecule has 1 N–H and O–H groups in total. The number of hydrogen-bond donors (Lipinski definition) is 1. The molecule has 1 atom stereocenters. The Balaban J connectivity index is 3.25. The van der Waals surface area contributed by atoms with E-state index in [-0.39, 0.29) is 6.10 Å². The maximum Gasteiger partial charge on any atom is 0.0546 e. The third-order valence-corrected chi connectivity index (χ3v) is 0.998. The summed E-state index contributed by atoms with van der Waals surface area (Å²) in [6.07, 6.45) is 4.71. The Kier molecular flexibility index (Phi) is 4.41. The number of hydrogen-bond acceptors (Lipinski definition) is 1. The summed E-state index contributed by atoms with van der Waals surface area (Å²) >= 11 is 0. The molecule has 0 spiro atoms. The van der Waals surface area contributed by atoms with Crippen LogP contribution in [0.2, 0.25) is 0 Å². The lowest BCUT2D eigenvalue weighted by atomic mass is 10.2. The van der Waals surface area contributed by atoms with Gasteiger partial charge in [-0.25, -0.2) is 0 Å². The van der Waals surface area contributed by atoms with E-state index < -0.39 is 0 Å². The number of allylic oxidation sites excluding steroid dienone is 1. The lowest BCUT2D eigenvalue weighted by Crippen LogP contribution is -1.95. The van der Waals surface area contributed by atoms with Gasteiger partial charge in [-0.2, -0.15) is 0 Å². The van der Waals surface area contributed by atoms with Crippen LogP contribution in [0.1, 0.15) is 27.2 Å². The summed E-state index contributed by atoms with van der Waals surface area (Å²) in [4.78, 5) is 0. The second kappa shape index (κ2) is 4.57. The number of rotatable bonds is 3. The van der Waals surface area contributed by atoms with Crippen LogP contribution < -0.4 is 0 Å². The lowest BCUT2D eigenvalue weighted by molar-refractivity contribution is 0.198. The summed E-state index contributed by atoms with van der Waals surface area (Å²) < 4.78 is 0. The summed E-state index contributed by atoms with van der Waals surface area (Å²) in [5.41, 5.74) is 0. The molecule has 54 valence electrons. The fourth-order valence-corrected chi connectivity index (χ4v) is 0.548. The van der Waals surface area contributed by atoms with Gasteiger partial charge in [-0.15, -0.1) is 0 Å². The van der Waals surface area contributed by atoms with Crippen LogP contribution in [0.5, 0.6) is 0 Å². The maximum absolute atomic E-state index is 8.81. The second-order valence-corrected chi connectivity index (χ2v) is 2.76. The Morgan fingerprint density at radius 3 is 2.22 bits per heavy atom. The second-order valence-electron chi connectivity index (χ2n) is 2.76. The average molecular weight is 128 g/mol. The Bertz CT molecular complexity index is 82.6. The first-order valence-corrected chi connectivity index (χ1v) is 3.47. The lowest BCUT2D eigenvalue weighted by Gasteiger charge is -1.97. The van der Waals surface area contributed by atoms with Crippen LogP contribution in [-0.2, 0) is 0 Å². The summed E-state index contributed by atoms with van der Waals surface area (Å²) in [5, 5.41) is 8.81. The number of aliphatic hydroxyl groups is 1. The summed E-state index contributed by atoms with van der Waals surface area (Å²) in [5.74, 6) is 0.601. The van der Waals surface area contributed by atoms with Crippen LogP contribution in [0.15, 0.2) is 12.2 Å². The predicted octanol–water partition coefficient (Wildman–Crippen LogP) is 1.97. The summed E-state index contributed by atoms with van der Waals surface area (Å²) in [7, 11) is 0. The highest BCUT2D eigenvalue weighted by atomic mass is 16.3. The van der Waals surface area contributed by atoms with Crippen molar-refractivity contribution >= 4 is 0 Å². The molecule has 0 radical (unpaired) electrons. The normalized spacial score (nSPS) is 15.2. The molecule has 0 aliphatic carbocycles. The molecule has 0 bridgehead atoms. The van der Waals surface area contributed by atoms with Gasteiger partial charge >= 0.3 is 0 Å². The van der Waals surface area contributed by atoms with Crippen LogP contribution >= 0.6 is 0 Å². The molecule has 9 heavy (non-hydrogen) atoms. The van der Waals surface area contributed by atoms with Crippen LogP contribution in [0.3, 0.4) is 0 Å². The van der Waals surface area contributed by atoms with Crippen molar-refractivity contribution in [3.63, 3.8) is 0 Å². The zero-order chi connectivity index (χ0) is 7.28. The van der Waals surface area contributed by atoms with Crippen molar-refractivity contribution in [3.05, 3.63) is 12.2 Å². The van der Waals surface area contributed by atoms with Crippen LogP contribution in [-0.4, -0.2) is 11.2 Å². The largest absolute Gasteiger partial charge is 0.393 e. The van der Waals surface area contributed by atoms with Crippen molar-refractivity contribution in [1.82, 2.24) is 0 Å². The zero-order valence-corrected chi connectivity index (χ0v) is 6.46. The van der Waals surface area contributed by atoms with Gasteiger partial charge in [-0.3, -0.25) is 0 Å². The van der Waals surface area contributed by atoms with Crippen molar-refractivity contribution in [2.75, 3.05) is 0 Å². The van der Waals surface area contributed by atoms with Gasteiger partial charge < -0.3 is 5.11 Å². The SMILES string of the molecule is CC(C)/C=C/C[C@@H](C)O. The third-order valence-electron chi connectivity index (χ3n) is 0.998. The molecule has 0 unspecified atom stereocenters. The van der Waals surface area contributed by atoms with Gasteiger partial charge in [0.1, 0.15) is 0 Å². The first-order valence-electron chi connectivity index (χ1n) is 3.47. The first kappa shape index (κ1) is 8.70. The van der Waals surface area contributed by atoms with Crippen LogP contribution in [0, 0.1) is 5.92 Å². The van der Waals surface area contributed by atoms with Crippen LogP contribution in [0.4, 0.5) is 0 Å². The quantitative estimate of drug-likeness (QED) is 0.576. The molecule has 0 amide bonds. The molecule has 0 aliphatic rings. The van der Waals surface area contributed by atoms with Crippen molar-refractivity contribution in [3.8, 4) is 0 Å². The van der Waals surface area contributed by atoms with E-state index >= 15 is 0 Å². The molecule has 0 fully saturated rings. The summed E-state index contributed by atoms with van der Waals surface area (Å²) in [6.45, 7) is 6.04. The highest BCUT2D eigenvalue weighted by Crippen LogP contribution is 1.97. The topological polar surface area (TPSA) is 20.2 Å². The predicted molar refractivity (Wildman–Crippen MR) is 40.3 cm³/mol. The molecule has 0 aliphatic heterocycles. The Hall–Kier alpha value is -0.300. The van der Waals surface area contributed by atoms with Crippen molar-refractivity contribution in [1.29, 1.82) is 0 Å². The minimum atomic E-state index is -0.194. The van der Waals surface area contributed by atoms with Gasteiger partial charge in [0.25, 0.3) is 0 Å². The standard InChI is InChI=1S/C8H16O/c1-7(2)5-4-6-8(3)9/h4-5,7-9H,6H2,1-3H3/b5-4+/t8-/m1/s1. The van der Waals surface area contributed by atoms with Gasteiger partial charge in [0, 0.05) is 0 Å². The zero-order valence-electron chi connectivity index (χ0n) is 6.46. The monoisotopic (exact) mass is 128 g/mol. The average Bonchev–Trinajstić information content (AvgIpc) is 1.63. The van der Waals surface area contributed by atoms with E-state index in [1.165, 1.54) is 0 Å². The maximum atomic E-state index is 8.81.